The summed E-state index contributed by atoms with van der Waals surface area (Å²) in [6.45, 7) is 13.2. The van der Waals surface area contributed by atoms with Gasteiger partial charge in [-0.05, 0) is 87.4 Å². The SMILES string of the molecule is CCN1C(=O)C(=Nc2cc3c(s2)C2=CC4C=C5C(=CC4C=C2C(C)(C)O3)c2sc(N=C3SC(=S)N(CC)C3=O)cc2OC5(C)C)SC1=S. The van der Waals surface area contributed by atoms with E-state index in [-0.39, 0.29) is 23.7 Å². The molecule has 14 heteroatoms. The van der Waals surface area contributed by atoms with E-state index < -0.39 is 11.2 Å². The smallest absolute Gasteiger partial charge is 0.285 e. The van der Waals surface area contributed by atoms with Crippen LogP contribution in [0.2, 0.25) is 0 Å². The highest BCUT2D eigenvalue weighted by atomic mass is 32.2. The van der Waals surface area contributed by atoms with Crippen LogP contribution >= 0.6 is 70.6 Å². The number of nitrogens with zero attached hydrogens (tertiary/aromatic N) is 4. The number of thiophene rings is 2. The van der Waals surface area contributed by atoms with Crippen molar-refractivity contribution in [2.75, 3.05) is 13.1 Å². The third kappa shape index (κ3) is 5.05. The number of rotatable bonds is 4. The number of ether oxygens (including phenoxy) is 2. The molecule has 6 heterocycles. The molecule has 0 radical (unpaired) electrons. The van der Waals surface area contributed by atoms with Crippen LogP contribution in [0.15, 0.2) is 57.6 Å². The fourth-order valence-corrected chi connectivity index (χ4v) is 11.5. The molecule has 2 unspecified atom stereocenters. The third-order valence-corrected chi connectivity index (χ3v) is 13.8. The molecular formula is C34H30N4O4S6. The lowest BCUT2D eigenvalue weighted by Gasteiger charge is -2.42. The van der Waals surface area contributed by atoms with Crippen LogP contribution in [-0.4, -0.2) is 64.6 Å². The monoisotopic (exact) mass is 750 g/mol. The molecule has 0 N–H and O–H groups in total. The summed E-state index contributed by atoms with van der Waals surface area (Å²) in [5, 5.41) is 2.22. The first-order valence-corrected chi connectivity index (χ1v) is 19.7. The highest BCUT2D eigenvalue weighted by Crippen LogP contribution is 2.57. The average Bonchev–Trinajstić information content (AvgIpc) is 3.75. The summed E-state index contributed by atoms with van der Waals surface area (Å²) in [7, 11) is 0. The van der Waals surface area contributed by atoms with Gasteiger partial charge in [-0.2, -0.15) is 0 Å². The fraction of sp³-hybridized carbons (Fsp3) is 0.353. The molecule has 2 aromatic rings. The Kier molecular flexibility index (Phi) is 7.63. The van der Waals surface area contributed by atoms with Crippen molar-refractivity contribution in [2.24, 2.45) is 21.8 Å². The van der Waals surface area contributed by atoms with E-state index in [0.29, 0.717) is 41.8 Å². The van der Waals surface area contributed by atoms with Crippen molar-refractivity contribution < 1.29 is 19.1 Å². The topological polar surface area (TPSA) is 83.8 Å². The molecule has 4 aliphatic heterocycles. The zero-order valence-electron chi connectivity index (χ0n) is 26.9. The summed E-state index contributed by atoms with van der Waals surface area (Å²) < 4.78 is 14.3. The van der Waals surface area contributed by atoms with Crippen LogP contribution in [0.4, 0.5) is 10.0 Å². The first-order valence-electron chi connectivity index (χ1n) is 15.6. The predicted octanol–water partition coefficient (Wildman–Crippen LogP) is 8.55. The number of carbonyl (C=O) groups is 2. The largest absolute Gasteiger partial charge is 0.482 e. The van der Waals surface area contributed by atoms with Gasteiger partial charge in [0.15, 0.2) is 10.1 Å². The number of carbonyl (C=O) groups excluding carboxylic acids is 2. The van der Waals surface area contributed by atoms with Gasteiger partial charge in [0.2, 0.25) is 0 Å². The quantitative estimate of drug-likeness (QED) is 0.288. The van der Waals surface area contributed by atoms with Gasteiger partial charge in [0.25, 0.3) is 11.8 Å². The molecule has 2 fully saturated rings. The Bertz CT molecular complexity index is 1930. The number of fused-ring (bicyclic) bond motifs is 7. The van der Waals surface area contributed by atoms with Gasteiger partial charge in [0, 0.05) is 37.1 Å². The molecule has 2 saturated heterocycles. The van der Waals surface area contributed by atoms with Crippen molar-refractivity contribution in [1.29, 1.82) is 0 Å². The van der Waals surface area contributed by atoms with Crippen molar-refractivity contribution >= 4 is 122 Å². The predicted molar refractivity (Wildman–Crippen MR) is 206 cm³/mol. The van der Waals surface area contributed by atoms with E-state index in [4.69, 9.17) is 43.9 Å². The maximum Gasteiger partial charge on any atom is 0.285 e. The Morgan fingerprint density at radius 1 is 0.708 bits per heavy atom. The summed E-state index contributed by atoms with van der Waals surface area (Å²) in [5.74, 6) is 1.47. The van der Waals surface area contributed by atoms with E-state index in [1.54, 1.807) is 9.80 Å². The highest BCUT2D eigenvalue weighted by Gasteiger charge is 2.45. The lowest BCUT2D eigenvalue weighted by atomic mass is 9.70. The van der Waals surface area contributed by atoms with Crippen molar-refractivity contribution in [1.82, 2.24) is 9.80 Å². The van der Waals surface area contributed by atoms with E-state index in [9.17, 15) is 9.59 Å². The minimum Gasteiger partial charge on any atom is -0.482 e. The van der Waals surface area contributed by atoms with Gasteiger partial charge >= 0.3 is 0 Å². The number of thiocarbonyl (C=S) groups is 2. The minimum absolute atomic E-state index is 0.112. The summed E-state index contributed by atoms with van der Waals surface area (Å²) in [4.78, 5) is 40.3. The number of thioether (sulfide) groups is 2. The van der Waals surface area contributed by atoms with Gasteiger partial charge in [0.1, 0.15) is 41.3 Å². The Hall–Kier alpha value is -2.88. The van der Waals surface area contributed by atoms with E-state index in [2.05, 4.69) is 52.0 Å². The van der Waals surface area contributed by atoms with E-state index in [1.165, 1.54) is 46.2 Å². The molecule has 0 saturated carbocycles. The molecule has 0 aromatic carbocycles. The molecule has 0 spiro atoms. The number of hydrogen-bond acceptors (Lipinski definition) is 12. The van der Waals surface area contributed by atoms with Gasteiger partial charge in [-0.15, -0.1) is 22.7 Å². The molecule has 0 bridgehead atoms. The summed E-state index contributed by atoms with van der Waals surface area (Å²) in [6.07, 6.45) is 9.38. The van der Waals surface area contributed by atoms with Crippen molar-refractivity contribution in [3.05, 3.63) is 57.3 Å². The molecule has 2 atom stereocenters. The lowest BCUT2D eigenvalue weighted by molar-refractivity contribution is -0.120. The number of aliphatic imine (C=N–C) groups is 2. The van der Waals surface area contributed by atoms with Gasteiger partial charge in [-0.25, -0.2) is 9.98 Å². The van der Waals surface area contributed by atoms with Crippen LogP contribution < -0.4 is 9.47 Å². The van der Waals surface area contributed by atoms with Gasteiger partial charge in [0.05, 0.1) is 9.75 Å². The Labute approximate surface area is 305 Å². The third-order valence-electron chi connectivity index (χ3n) is 9.07. The Morgan fingerprint density at radius 2 is 1.10 bits per heavy atom. The van der Waals surface area contributed by atoms with Gasteiger partial charge in [-0.3, -0.25) is 19.4 Å². The summed E-state index contributed by atoms with van der Waals surface area (Å²) >= 11 is 16.3. The second kappa shape index (κ2) is 11.3. The molecular weight excluding hydrogens is 721 g/mol. The molecule has 8 nitrogen and oxygen atoms in total. The van der Waals surface area contributed by atoms with Crippen LogP contribution in [0.1, 0.15) is 51.3 Å². The first-order chi connectivity index (χ1) is 22.8. The molecule has 2 aromatic heterocycles. The lowest BCUT2D eigenvalue weighted by Crippen LogP contribution is -2.39. The van der Waals surface area contributed by atoms with E-state index in [1.807, 2.05) is 26.0 Å². The Morgan fingerprint density at radius 3 is 1.46 bits per heavy atom. The van der Waals surface area contributed by atoms with Crippen LogP contribution in [0.25, 0.3) is 11.1 Å². The second-order valence-electron chi connectivity index (χ2n) is 12.9. The average molecular weight is 751 g/mol. The molecule has 2 amide bonds. The molecule has 246 valence electrons. The van der Waals surface area contributed by atoms with Crippen molar-refractivity contribution in [2.45, 2.75) is 52.7 Å². The molecule has 2 aliphatic carbocycles. The zero-order chi connectivity index (χ0) is 33.9. The van der Waals surface area contributed by atoms with E-state index in [0.717, 1.165) is 43.5 Å². The maximum atomic E-state index is 12.8. The van der Waals surface area contributed by atoms with Gasteiger partial charge in [-0.1, -0.05) is 48.7 Å². The summed E-state index contributed by atoms with van der Waals surface area (Å²) in [5.41, 5.74) is 3.42. The molecule has 6 aliphatic rings. The van der Waals surface area contributed by atoms with Gasteiger partial charge < -0.3 is 9.47 Å². The van der Waals surface area contributed by atoms with E-state index >= 15 is 0 Å². The number of hydrogen-bond donors (Lipinski definition) is 0. The second-order valence-corrected chi connectivity index (χ2v) is 18.2. The first kappa shape index (κ1) is 32.3. The van der Waals surface area contributed by atoms with Crippen molar-refractivity contribution in [3.63, 3.8) is 0 Å². The highest BCUT2D eigenvalue weighted by molar-refractivity contribution is 8.35. The van der Waals surface area contributed by atoms with Crippen LogP contribution in [0.3, 0.4) is 0 Å². The Balaban J connectivity index is 1.15. The fourth-order valence-electron chi connectivity index (χ4n) is 6.78. The van der Waals surface area contributed by atoms with Crippen LogP contribution in [-0.2, 0) is 9.59 Å². The normalized spacial score (nSPS) is 26.6. The maximum absolute atomic E-state index is 12.8. The summed E-state index contributed by atoms with van der Waals surface area (Å²) in [6, 6.07) is 3.87. The number of amides is 2. The minimum atomic E-state index is -0.568. The molecule has 48 heavy (non-hydrogen) atoms. The van der Waals surface area contributed by atoms with Crippen molar-refractivity contribution in [3.8, 4) is 11.5 Å². The van der Waals surface area contributed by atoms with Crippen LogP contribution in [0.5, 0.6) is 11.5 Å². The zero-order valence-corrected chi connectivity index (χ0v) is 31.8. The number of allylic oxidation sites excluding steroid dienone is 4. The van der Waals surface area contributed by atoms with Crippen LogP contribution in [0, 0.1) is 11.8 Å². The molecule has 8 rings (SSSR count). The standard InChI is InChI=1S/C34H30N4O4S6/c1-7-37-29(39)27(47-31(37)43)35-23-13-21-25(45-23)17-9-15-12-20-18(10-16(15)11-19(17)33(3,4)41-21)26-22(42-34(20,5)6)14-24(46-26)36-28-30(40)38(8-2)32(44)48-28/h9-16H,7-8H2,1-6H3.